The number of likely N-dealkylation sites (tertiary alicyclic amines) is 1. The number of rotatable bonds is 4. The van der Waals surface area contributed by atoms with Gasteiger partial charge in [-0.05, 0) is 18.2 Å². The van der Waals surface area contributed by atoms with Crippen LogP contribution in [-0.4, -0.2) is 51.5 Å². The first-order valence-electron chi connectivity index (χ1n) is 8.11. The smallest absolute Gasteiger partial charge is 0.255 e. The third-order valence-corrected chi connectivity index (χ3v) is 4.27. The summed E-state index contributed by atoms with van der Waals surface area (Å²) in [6.07, 6.45) is 7.53. The highest BCUT2D eigenvalue weighted by atomic mass is 16.5. The number of nitrogens with zero attached hydrogens (tertiary/aromatic N) is 4. The van der Waals surface area contributed by atoms with Crippen LogP contribution in [0.3, 0.4) is 0 Å². The molecule has 0 spiro atoms. The van der Waals surface area contributed by atoms with Gasteiger partial charge in [-0.1, -0.05) is 6.07 Å². The largest absolute Gasteiger partial charge is 0.480 e. The van der Waals surface area contributed by atoms with Crippen LogP contribution in [-0.2, 0) is 0 Å². The Hall–Kier alpha value is -3.09. The zero-order chi connectivity index (χ0) is 17.2. The van der Waals surface area contributed by atoms with Gasteiger partial charge in [0.05, 0.1) is 31.6 Å². The normalized spacial score (nSPS) is 17.0. The molecule has 3 aromatic heterocycles. The van der Waals surface area contributed by atoms with E-state index in [9.17, 15) is 4.79 Å². The molecule has 0 bridgehead atoms. The Morgan fingerprint density at radius 1 is 1.28 bits per heavy atom. The molecule has 1 atom stereocenters. The van der Waals surface area contributed by atoms with Crippen LogP contribution in [0.15, 0.2) is 49.1 Å². The summed E-state index contributed by atoms with van der Waals surface area (Å²) in [7, 11) is 1.53. The molecule has 1 aliphatic heterocycles. The van der Waals surface area contributed by atoms with E-state index in [0.29, 0.717) is 30.4 Å². The summed E-state index contributed by atoms with van der Waals surface area (Å²) in [5, 5.41) is 0. The molecule has 1 unspecified atom stereocenters. The molecule has 25 heavy (non-hydrogen) atoms. The Morgan fingerprint density at radius 3 is 3.00 bits per heavy atom. The number of hydrogen-bond acceptors (Lipinski definition) is 5. The van der Waals surface area contributed by atoms with Crippen LogP contribution < -0.4 is 9.47 Å². The standard InChI is InChI=1S/C18H18N4O3/c1-24-16-9-19-10-17(20-16)25-15-5-7-22(12-15)18(23)13-8-14-4-2-3-6-21(14)11-13/h2-4,6,8-11,15H,5,7,12H2,1H3. The van der Waals surface area contributed by atoms with Gasteiger partial charge in [-0.15, -0.1) is 0 Å². The maximum atomic E-state index is 12.7. The number of fused-ring (bicyclic) bond motifs is 1. The van der Waals surface area contributed by atoms with E-state index in [-0.39, 0.29) is 12.0 Å². The van der Waals surface area contributed by atoms with Crippen molar-refractivity contribution < 1.29 is 14.3 Å². The Morgan fingerprint density at radius 2 is 2.16 bits per heavy atom. The van der Waals surface area contributed by atoms with Gasteiger partial charge in [0.2, 0.25) is 11.8 Å². The van der Waals surface area contributed by atoms with E-state index in [1.807, 2.05) is 46.0 Å². The molecule has 0 aromatic carbocycles. The summed E-state index contributed by atoms with van der Waals surface area (Å²) in [6.45, 7) is 1.19. The monoisotopic (exact) mass is 338 g/mol. The van der Waals surface area contributed by atoms with Crippen molar-refractivity contribution >= 4 is 11.4 Å². The Bertz CT molecular complexity index is 875. The number of amides is 1. The lowest BCUT2D eigenvalue weighted by atomic mass is 10.3. The second-order valence-corrected chi connectivity index (χ2v) is 5.94. The average Bonchev–Trinajstić information content (AvgIpc) is 3.28. The first kappa shape index (κ1) is 15.4. The second kappa shape index (κ2) is 6.43. The Kier molecular flexibility index (Phi) is 3.97. The second-order valence-electron chi connectivity index (χ2n) is 5.94. The van der Waals surface area contributed by atoms with Gasteiger partial charge >= 0.3 is 0 Å². The van der Waals surface area contributed by atoms with Crippen LogP contribution >= 0.6 is 0 Å². The number of carbonyl (C=O) groups excluding carboxylic acids is 1. The van der Waals surface area contributed by atoms with E-state index < -0.39 is 0 Å². The molecule has 7 heteroatoms. The number of methoxy groups -OCH3 is 1. The predicted octanol–water partition coefficient (Wildman–Crippen LogP) is 2.03. The summed E-state index contributed by atoms with van der Waals surface area (Å²) < 4.78 is 12.8. The Balaban J connectivity index is 1.43. The van der Waals surface area contributed by atoms with Gasteiger partial charge in [0.25, 0.3) is 5.91 Å². The van der Waals surface area contributed by atoms with Crippen LogP contribution in [0, 0.1) is 0 Å². The minimum atomic E-state index is -0.0950. The molecule has 128 valence electrons. The lowest BCUT2D eigenvalue weighted by molar-refractivity contribution is 0.0771. The molecule has 1 saturated heterocycles. The molecule has 4 heterocycles. The number of carbonyl (C=O) groups is 1. The molecule has 4 rings (SSSR count). The van der Waals surface area contributed by atoms with Gasteiger partial charge in [0.1, 0.15) is 6.10 Å². The summed E-state index contributed by atoms with van der Waals surface area (Å²) in [5.74, 6) is 0.837. The Labute approximate surface area is 144 Å². The van der Waals surface area contributed by atoms with Crippen LogP contribution in [0.1, 0.15) is 16.8 Å². The zero-order valence-electron chi connectivity index (χ0n) is 13.8. The summed E-state index contributed by atoms with van der Waals surface area (Å²) >= 11 is 0. The van der Waals surface area contributed by atoms with Gasteiger partial charge < -0.3 is 18.8 Å². The third-order valence-electron chi connectivity index (χ3n) is 4.27. The number of hydrogen-bond donors (Lipinski definition) is 0. The van der Waals surface area contributed by atoms with E-state index in [0.717, 1.165) is 11.9 Å². The van der Waals surface area contributed by atoms with E-state index in [2.05, 4.69) is 9.97 Å². The van der Waals surface area contributed by atoms with Crippen molar-refractivity contribution in [3.05, 3.63) is 54.6 Å². The van der Waals surface area contributed by atoms with E-state index >= 15 is 0 Å². The zero-order valence-corrected chi connectivity index (χ0v) is 13.8. The lowest BCUT2D eigenvalue weighted by Gasteiger charge is -2.16. The highest BCUT2D eigenvalue weighted by Crippen LogP contribution is 2.20. The molecule has 1 fully saturated rings. The highest BCUT2D eigenvalue weighted by Gasteiger charge is 2.29. The molecule has 0 radical (unpaired) electrons. The topological polar surface area (TPSA) is 69.0 Å². The highest BCUT2D eigenvalue weighted by molar-refractivity contribution is 5.95. The van der Waals surface area contributed by atoms with Crippen LogP contribution in [0.2, 0.25) is 0 Å². The molecule has 0 N–H and O–H groups in total. The van der Waals surface area contributed by atoms with Crippen molar-refractivity contribution in [2.45, 2.75) is 12.5 Å². The first-order valence-corrected chi connectivity index (χ1v) is 8.11. The summed E-state index contributed by atoms with van der Waals surface area (Å²) in [6, 6.07) is 7.78. The molecule has 0 saturated carbocycles. The van der Waals surface area contributed by atoms with Crippen molar-refractivity contribution in [2.75, 3.05) is 20.2 Å². The van der Waals surface area contributed by atoms with Gasteiger partial charge in [0, 0.05) is 30.9 Å². The van der Waals surface area contributed by atoms with Gasteiger partial charge in [-0.25, -0.2) is 0 Å². The fourth-order valence-corrected chi connectivity index (χ4v) is 3.02. The van der Waals surface area contributed by atoms with Crippen LogP contribution in [0.25, 0.3) is 5.52 Å². The van der Waals surface area contributed by atoms with Crippen molar-refractivity contribution in [2.24, 2.45) is 0 Å². The molecular weight excluding hydrogens is 320 g/mol. The molecule has 3 aromatic rings. The average molecular weight is 338 g/mol. The van der Waals surface area contributed by atoms with E-state index in [1.54, 1.807) is 6.20 Å². The van der Waals surface area contributed by atoms with Crippen LogP contribution in [0.5, 0.6) is 11.8 Å². The van der Waals surface area contributed by atoms with Crippen LogP contribution in [0.4, 0.5) is 0 Å². The number of pyridine rings is 1. The fraction of sp³-hybridized carbons (Fsp3) is 0.278. The summed E-state index contributed by atoms with van der Waals surface area (Å²) in [4.78, 5) is 22.8. The van der Waals surface area contributed by atoms with E-state index in [1.165, 1.54) is 13.3 Å². The van der Waals surface area contributed by atoms with Gasteiger partial charge in [-0.3, -0.25) is 9.78 Å². The van der Waals surface area contributed by atoms with Crippen molar-refractivity contribution in [1.82, 2.24) is 19.3 Å². The fourth-order valence-electron chi connectivity index (χ4n) is 3.02. The minimum Gasteiger partial charge on any atom is -0.480 e. The molecule has 1 amide bonds. The SMILES string of the molecule is COc1cncc(OC2CCN(C(=O)c3cc4ccccn4c3)C2)n1. The lowest BCUT2D eigenvalue weighted by Crippen LogP contribution is -2.30. The summed E-state index contributed by atoms with van der Waals surface area (Å²) in [5.41, 5.74) is 1.69. The molecule has 0 aliphatic carbocycles. The predicted molar refractivity (Wildman–Crippen MR) is 90.9 cm³/mol. The quantitative estimate of drug-likeness (QED) is 0.728. The van der Waals surface area contributed by atoms with Gasteiger partial charge in [-0.2, -0.15) is 4.98 Å². The third kappa shape index (κ3) is 3.13. The number of aromatic nitrogens is 3. The molecule has 1 aliphatic rings. The molecule has 7 nitrogen and oxygen atoms in total. The number of ether oxygens (including phenoxy) is 2. The minimum absolute atomic E-state index is 0.0199. The maximum absolute atomic E-state index is 12.7. The molecular formula is C18H18N4O3. The van der Waals surface area contributed by atoms with Crippen molar-refractivity contribution in [1.29, 1.82) is 0 Å². The van der Waals surface area contributed by atoms with E-state index in [4.69, 9.17) is 9.47 Å². The van der Waals surface area contributed by atoms with Gasteiger partial charge in [0.15, 0.2) is 0 Å². The maximum Gasteiger partial charge on any atom is 0.255 e. The van der Waals surface area contributed by atoms with Crippen molar-refractivity contribution in [3.63, 3.8) is 0 Å². The van der Waals surface area contributed by atoms with Crippen molar-refractivity contribution in [3.8, 4) is 11.8 Å². The first-order chi connectivity index (χ1) is 12.2.